The molecule has 110 valence electrons. The molecule has 21 heavy (non-hydrogen) atoms. The van der Waals surface area contributed by atoms with E-state index >= 15 is 0 Å². The number of hydrogen-bond acceptors (Lipinski definition) is 1. The van der Waals surface area contributed by atoms with Crippen LogP contribution in [0.5, 0.6) is 0 Å². The van der Waals surface area contributed by atoms with Gasteiger partial charge in [-0.15, -0.1) is 0 Å². The van der Waals surface area contributed by atoms with E-state index in [-0.39, 0.29) is 5.69 Å². The monoisotopic (exact) mass is 409 g/mol. The summed E-state index contributed by atoms with van der Waals surface area (Å²) in [5, 5.41) is 2.33. The van der Waals surface area contributed by atoms with E-state index < -0.39 is 23.5 Å². The number of nitrogens with one attached hydrogen (secondary N) is 1. The van der Waals surface area contributed by atoms with Gasteiger partial charge in [-0.2, -0.15) is 13.2 Å². The Bertz CT molecular complexity index is 685. The van der Waals surface area contributed by atoms with Crippen molar-refractivity contribution in [3.63, 3.8) is 0 Å². The first kappa shape index (κ1) is 15.7. The molecule has 0 atom stereocenters. The maximum Gasteiger partial charge on any atom is 0.419 e. The number of amides is 1. The first-order chi connectivity index (χ1) is 9.79. The van der Waals surface area contributed by atoms with Crippen LogP contribution in [-0.2, 0) is 6.18 Å². The molecule has 2 rings (SSSR count). The molecule has 0 saturated heterocycles. The zero-order valence-corrected chi connectivity index (χ0v) is 12.5. The summed E-state index contributed by atoms with van der Waals surface area (Å²) in [5.74, 6) is -1.94. The van der Waals surface area contributed by atoms with Gasteiger partial charge < -0.3 is 5.32 Å². The fraction of sp³-hybridized carbons (Fsp3) is 0.0714. The van der Waals surface area contributed by atoms with Crippen LogP contribution in [0.3, 0.4) is 0 Å². The Balaban J connectivity index is 2.29. The van der Waals surface area contributed by atoms with Gasteiger partial charge in [-0.1, -0.05) is 12.1 Å². The van der Waals surface area contributed by atoms with Crippen LogP contribution in [0.15, 0.2) is 42.5 Å². The molecular weight excluding hydrogens is 401 g/mol. The highest BCUT2D eigenvalue weighted by Gasteiger charge is 2.34. The summed E-state index contributed by atoms with van der Waals surface area (Å²) >= 11 is 1.94. The van der Waals surface area contributed by atoms with Crippen LogP contribution in [0, 0.1) is 9.39 Å². The molecule has 0 aromatic heterocycles. The Morgan fingerprint density at radius 2 is 1.76 bits per heavy atom. The van der Waals surface area contributed by atoms with E-state index in [0.29, 0.717) is 21.3 Å². The van der Waals surface area contributed by atoms with Crippen LogP contribution in [0.4, 0.5) is 23.2 Å². The third-order valence-electron chi connectivity index (χ3n) is 2.65. The molecule has 0 aliphatic heterocycles. The Kier molecular flexibility index (Phi) is 4.50. The number of benzene rings is 2. The molecule has 0 unspecified atom stereocenters. The van der Waals surface area contributed by atoms with Crippen LogP contribution in [-0.4, -0.2) is 5.91 Å². The molecule has 0 heterocycles. The normalized spacial score (nSPS) is 11.3. The average molecular weight is 409 g/mol. The molecule has 0 spiro atoms. The molecule has 2 aromatic rings. The average Bonchev–Trinajstić information content (AvgIpc) is 2.40. The summed E-state index contributed by atoms with van der Waals surface area (Å²) in [6.07, 6.45) is -4.81. The number of carbonyl (C=O) groups is 1. The van der Waals surface area contributed by atoms with Crippen molar-refractivity contribution in [3.05, 3.63) is 63.0 Å². The Morgan fingerprint density at radius 1 is 1.10 bits per heavy atom. The molecule has 0 radical (unpaired) electrons. The van der Waals surface area contributed by atoms with Gasteiger partial charge in [-0.3, -0.25) is 4.79 Å². The van der Waals surface area contributed by atoms with E-state index in [1.54, 1.807) is 24.3 Å². The molecule has 1 N–H and O–H groups in total. The molecule has 0 fully saturated rings. The van der Waals surface area contributed by atoms with Gasteiger partial charge in [0.05, 0.1) is 11.1 Å². The van der Waals surface area contributed by atoms with E-state index in [9.17, 15) is 22.4 Å². The summed E-state index contributed by atoms with van der Waals surface area (Å²) in [6, 6.07) is 8.95. The van der Waals surface area contributed by atoms with Crippen molar-refractivity contribution in [2.45, 2.75) is 6.18 Å². The zero-order valence-electron chi connectivity index (χ0n) is 10.3. The highest BCUT2D eigenvalue weighted by atomic mass is 127. The van der Waals surface area contributed by atoms with Crippen molar-refractivity contribution >= 4 is 34.2 Å². The lowest BCUT2D eigenvalue weighted by atomic mass is 10.1. The van der Waals surface area contributed by atoms with E-state index in [0.717, 1.165) is 6.07 Å². The quantitative estimate of drug-likeness (QED) is 0.566. The van der Waals surface area contributed by atoms with Crippen LogP contribution in [0.1, 0.15) is 15.9 Å². The molecule has 2 aromatic carbocycles. The van der Waals surface area contributed by atoms with E-state index in [2.05, 4.69) is 5.32 Å². The second-order valence-corrected chi connectivity index (χ2v) is 5.29. The highest BCUT2D eigenvalue weighted by Crippen LogP contribution is 2.33. The summed E-state index contributed by atoms with van der Waals surface area (Å²) in [6.45, 7) is 0. The van der Waals surface area contributed by atoms with Gasteiger partial charge in [-0.05, 0) is 52.9 Å². The Hall–Kier alpha value is -1.64. The molecular formula is C14H8F4INO. The second kappa shape index (κ2) is 6.00. The standard InChI is InChI=1S/C14H8F4INO/c15-11-6-5-8(7-10(11)14(16,17)18)20-13(21)9-3-1-2-4-12(9)19/h1-7H,(H,20,21). The fourth-order valence-corrected chi connectivity index (χ4v) is 2.30. The minimum absolute atomic E-state index is 0.117. The molecule has 0 aliphatic rings. The Labute approximate surface area is 131 Å². The van der Waals surface area contributed by atoms with E-state index in [1.807, 2.05) is 22.6 Å². The molecule has 0 aliphatic carbocycles. The van der Waals surface area contributed by atoms with Crippen LogP contribution < -0.4 is 5.32 Å². The summed E-state index contributed by atoms with van der Waals surface area (Å²) in [5.41, 5.74) is -1.20. The lowest BCUT2D eigenvalue weighted by molar-refractivity contribution is -0.139. The van der Waals surface area contributed by atoms with E-state index in [1.165, 1.54) is 0 Å². The van der Waals surface area contributed by atoms with Crippen molar-refractivity contribution in [2.75, 3.05) is 5.32 Å². The highest BCUT2D eigenvalue weighted by molar-refractivity contribution is 14.1. The molecule has 1 amide bonds. The second-order valence-electron chi connectivity index (χ2n) is 4.13. The van der Waals surface area contributed by atoms with Crippen molar-refractivity contribution < 1.29 is 22.4 Å². The summed E-state index contributed by atoms with van der Waals surface area (Å²) in [7, 11) is 0. The number of rotatable bonds is 2. The first-order valence-electron chi connectivity index (χ1n) is 5.71. The summed E-state index contributed by atoms with van der Waals surface area (Å²) < 4.78 is 51.6. The zero-order chi connectivity index (χ0) is 15.6. The minimum Gasteiger partial charge on any atom is -0.322 e. The topological polar surface area (TPSA) is 29.1 Å². The van der Waals surface area contributed by atoms with Gasteiger partial charge in [0, 0.05) is 9.26 Å². The minimum atomic E-state index is -4.81. The summed E-state index contributed by atoms with van der Waals surface area (Å²) in [4.78, 5) is 12.0. The molecule has 2 nitrogen and oxygen atoms in total. The van der Waals surface area contributed by atoms with Crippen molar-refractivity contribution in [1.82, 2.24) is 0 Å². The molecule has 0 saturated carbocycles. The predicted molar refractivity (Wildman–Crippen MR) is 78.5 cm³/mol. The molecule has 0 bridgehead atoms. The lowest BCUT2D eigenvalue weighted by Gasteiger charge is -2.11. The number of hydrogen-bond donors (Lipinski definition) is 1. The van der Waals surface area contributed by atoms with Crippen LogP contribution in [0.25, 0.3) is 0 Å². The largest absolute Gasteiger partial charge is 0.419 e. The Morgan fingerprint density at radius 3 is 2.38 bits per heavy atom. The van der Waals surface area contributed by atoms with Crippen molar-refractivity contribution in [3.8, 4) is 0 Å². The first-order valence-corrected chi connectivity index (χ1v) is 6.79. The number of anilines is 1. The SMILES string of the molecule is O=C(Nc1ccc(F)c(C(F)(F)F)c1)c1ccccc1I. The van der Waals surface area contributed by atoms with Gasteiger partial charge >= 0.3 is 6.18 Å². The van der Waals surface area contributed by atoms with Gasteiger partial charge in [0.25, 0.3) is 5.91 Å². The number of halogens is 5. The van der Waals surface area contributed by atoms with Gasteiger partial charge in [0.1, 0.15) is 5.82 Å². The number of carbonyl (C=O) groups excluding carboxylic acids is 1. The smallest absolute Gasteiger partial charge is 0.322 e. The lowest BCUT2D eigenvalue weighted by Crippen LogP contribution is -2.15. The van der Waals surface area contributed by atoms with E-state index in [4.69, 9.17) is 0 Å². The molecule has 7 heteroatoms. The maximum absolute atomic E-state index is 13.2. The maximum atomic E-state index is 13.2. The van der Waals surface area contributed by atoms with Crippen molar-refractivity contribution in [2.24, 2.45) is 0 Å². The number of alkyl halides is 3. The van der Waals surface area contributed by atoms with Gasteiger partial charge in [0.15, 0.2) is 0 Å². The van der Waals surface area contributed by atoms with Gasteiger partial charge in [0.2, 0.25) is 0 Å². The van der Waals surface area contributed by atoms with Crippen LogP contribution >= 0.6 is 22.6 Å². The third kappa shape index (κ3) is 3.72. The predicted octanol–water partition coefficient (Wildman–Crippen LogP) is 4.70. The fourth-order valence-electron chi connectivity index (χ4n) is 1.66. The third-order valence-corrected chi connectivity index (χ3v) is 3.59. The van der Waals surface area contributed by atoms with Crippen molar-refractivity contribution in [1.29, 1.82) is 0 Å². The van der Waals surface area contributed by atoms with Gasteiger partial charge in [-0.25, -0.2) is 4.39 Å². The van der Waals surface area contributed by atoms with Crippen LogP contribution in [0.2, 0.25) is 0 Å².